The van der Waals surface area contributed by atoms with Crippen LogP contribution < -0.4 is 0 Å². The Kier molecular flexibility index (Phi) is 4.54. The third-order valence-corrected chi connectivity index (χ3v) is 3.82. The smallest absolute Gasteiger partial charge is 0.164 e. The van der Waals surface area contributed by atoms with E-state index in [0.717, 1.165) is 32.1 Å². The molecule has 0 aliphatic heterocycles. The highest BCUT2D eigenvalue weighted by Gasteiger charge is 2.40. The summed E-state index contributed by atoms with van der Waals surface area (Å²) in [5.74, 6) is 0.297. The van der Waals surface area contributed by atoms with E-state index in [4.69, 9.17) is 4.74 Å². The second kappa shape index (κ2) is 6.14. The molecule has 98 valence electrons. The molecular weight excluding hydrogens is 224 g/mol. The summed E-state index contributed by atoms with van der Waals surface area (Å²) in [7, 11) is 0. The summed E-state index contributed by atoms with van der Waals surface area (Å²) < 4.78 is 5.79. The Bertz CT molecular complexity index is 377. The molecular formula is C16H22O2. The van der Waals surface area contributed by atoms with Crippen LogP contribution in [-0.4, -0.2) is 18.0 Å². The Morgan fingerprint density at radius 2 is 1.89 bits per heavy atom. The normalized spacial score (nSPS) is 17.8. The van der Waals surface area contributed by atoms with E-state index in [1.54, 1.807) is 0 Å². The molecule has 0 radical (unpaired) electrons. The number of hydrogen-bond donors (Lipinski definition) is 0. The van der Waals surface area contributed by atoms with Crippen molar-refractivity contribution in [3.8, 4) is 0 Å². The lowest BCUT2D eigenvalue weighted by atomic mass is 9.91. The van der Waals surface area contributed by atoms with Crippen LogP contribution in [0.4, 0.5) is 0 Å². The molecule has 0 spiro atoms. The molecule has 0 unspecified atom stereocenters. The van der Waals surface area contributed by atoms with Crippen LogP contribution in [-0.2, 0) is 16.0 Å². The molecule has 1 aromatic carbocycles. The van der Waals surface area contributed by atoms with Gasteiger partial charge >= 0.3 is 0 Å². The van der Waals surface area contributed by atoms with E-state index in [1.807, 2.05) is 25.1 Å². The monoisotopic (exact) mass is 246 g/mol. The quantitative estimate of drug-likeness (QED) is 0.767. The van der Waals surface area contributed by atoms with E-state index >= 15 is 0 Å². The molecule has 0 atom stereocenters. The summed E-state index contributed by atoms with van der Waals surface area (Å²) in [5, 5.41) is 0. The summed E-state index contributed by atoms with van der Waals surface area (Å²) in [6.07, 6.45) is 5.50. The molecule has 0 aromatic heterocycles. The maximum absolute atomic E-state index is 12.4. The van der Waals surface area contributed by atoms with Gasteiger partial charge in [0.15, 0.2) is 5.78 Å². The fraction of sp³-hybridized carbons (Fsp3) is 0.562. The number of ketones is 1. The molecule has 0 bridgehead atoms. The average Bonchev–Trinajstić information content (AvgIpc) is 2.87. The number of carbonyl (C=O) groups is 1. The van der Waals surface area contributed by atoms with Gasteiger partial charge in [0.2, 0.25) is 0 Å². The highest BCUT2D eigenvalue weighted by atomic mass is 16.5. The number of benzene rings is 1. The number of aryl methyl sites for hydroxylation is 1. The van der Waals surface area contributed by atoms with Crippen molar-refractivity contribution in [2.24, 2.45) is 0 Å². The van der Waals surface area contributed by atoms with Crippen LogP contribution in [0, 0.1) is 0 Å². The maximum atomic E-state index is 12.4. The molecule has 0 saturated heterocycles. The number of carbonyl (C=O) groups excluding carboxylic acids is 1. The van der Waals surface area contributed by atoms with E-state index in [1.165, 1.54) is 5.56 Å². The molecule has 0 N–H and O–H groups in total. The van der Waals surface area contributed by atoms with Crippen molar-refractivity contribution in [3.05, 3.63) is 35.9 Å². The molecule has 0 heterocycles. The fourth-order valence-electron chi connectivity index (χ4n) is 2.86. The minimum atomic E-state index is -0.455. The molecule has 1 fully saturated rings. The number of hydrogen-bond acceptors (Lipinski definition) is 2. The molecule has 1 aromatic rings. The SMILES string of the molecule is CCOC1(C(=O)CCc2ccccc2)CCCC1. The lowest BCUT2D eigenvalue weighted by molar-refractivity contribution is -0.143. The van der Waals surface area contributed by atoms with E-state index in [-0.39, 0.29) is 0 Å². The molecule has 1 aliphatic rings. The Balaban J connectivity index is 1.94. The zero-order valence-electron chi connectivity index (χ0n) is 11.2. The summed E-state index contributed by atoms with van der Waals surface area (Å²) in [5.41, 5.74) is 0.777. The first-order chi connectivity index (χ1) is 8.77. The predicted octanol–water partition coefficient (Wildman–Crippen LogP) is 3.54. The standard InChI is InChI=1S/C16H22O2/c1-2-18-16(12-6-7-13-16)15(17)11-10-14-8-4-3-5-9-14/h3-5,8-9H,2,6-7,10-13H2,1H3. The van der Waals surface area contributed by atoms with Crippen molar-refractivity contribution >= 4 is 5.78 Å². The van der Waals surface area contributed by atoms with Crippen LogP contribution >= 0.6 is 0 Å². The van der Waals surface area contributed by atoms with E-state index < -0.39 is 5.60 Å². The first-order valence-electron chi connectivity index (χ1n) is 6.98. The molecule has 1 saturated carbocycles. The minimum absolute atomic E-state index is 0.297. The second-order valence-corrected chi connectivity index (χ2v) is 5.04. The van der Waals surface area contributed by atoms with Gasteiger partial charge in [-0.2, -0.15) is 0 Å². The summed E-state index contributed by atoms with van der Waals surface area (Å²) in [6, 6.07) is 10.2. The van der Waals surface area contributed by atoms with Gasteiger partial charge in [-0.05, 0) is 44.6 Å². The van der Waals surface area contributed by atoms with Crippen LogP contribution in [0.1, 0.15) is 44.6 Å². The van der Waals surface area contributed by atoms with Crippen LogP contribution in [0.3, 0.4) is 0 Å². The molecule has 18 heavy (non-hydrogen) atoms. The van der Waals surface area contributed by atoms with Crippen molar-refractivity contribution < 1.29 is 9.53 Å². The molecule has 2 rings (SSSR count). The van der Waals surface area contributed by atoms with Gasteiger partial charge in [0.25, 0.3) is 0 Å². The van der Waals surface area contributed by atoms with E-state index in [9.17, 15) is 4.79 Å². The number of rotatable bonds is 6. The van der Waals surface area contributed by atoms with Gasteiger partial charge in [0.1, 0.15) is 5.60 Å². The third kappa shape index (κ3) is 2.99. The van der Waals surface area contributed by atoms with Crippen molar-refractivity contribution in [2.75, 3.05) is 6.61 Å². The van der Waals surface area contributed by atoms with Crippen LogP contribution in [0.5, 0.6) is 0 Å². The van der Waals surface area contributed by atoms with E-state index in [0.29, 0.717) is 18.8 Å². The third-order valence-electron chi connectivity index (χ3n) is 3.82. The summed E-state index contributed by atoms with van der Waals surface area (Å²) in [4.78, 5) is 12.4. The summed E-state index contributed by atoms with van der Waals surface area (Å²) in [6.45, 7) is 2.61. The van der Waals surface area contributed by atoms with Crippen molar-refractivity contribution in [1.29, 1.82) is 0 Å². The largest absolute Gasteiger partial charge is 0.368 e. The Labute approximate surface area is 109 Å². The second-order valence-electron chi connectivity index (χ2n) is 5.04. The first-order valence-corrected chi connectivity index (χ1v) is 6.98. The van der Waals surface area contributed by atoms with Crippen molar-refractivity contribution in [3.63, 3.8) is 0 Å². The fourth-order valence-corrected chi connectivity index (χ4v) is 2.86. The first kappa shape index (κ1) is 13.3. The number of ether oxygens (including phenoxy) is 1. The molecule has 0 amide bonds. The zero-order valence-corrected chi connectivity index (χ0v) is 11.2. The van der Waals surface area contributed by atoms with Gasteiger partial charge in [-0.1, -0.05) is 30.3 Å². The predicted molar refractivity (Wildman–Crippen MR) is 72.6 cm³/mol. The lowest BCUT2D eigenvalue weighted by Gasteiger charge is -2.27. The topological polar surface area (TPSA) is 26.3 Å². The van der Waals surface area contributed by atoms with Crippen LogP contribution in [0.2, 0.25) is 0 Å². The van der Waals surface area contributed by atoms with Gasteiger partial charge in [-0.3, -0.25) is 4.79 Å². The van der Waals surface area contributed by atoms with Crippen LogP contribution in [0.15, 0.2) is 30.3 Å². The molecule has 2 nitrogen and oxygen atoms in total. The van der Waals surface area contributed by atoms with Crippen molar-refractivity contribution in [1.82, 2.24) is 0 Å². The van der Waals surface area contributed by atoms with E-state index in [2.05, 4.69) is 12.1 Å². The zero-order chi connectivity index (χ0) is 12.8. The highest BCUT2D eigenvalue weighted by molar-refractivity contribution is 5.87. The maximum Gasteiger partial charge on any atom is 0.164 e. The Morgan fingerprint density at radius 3 is 2.50 bits per heavy atom. The van der Waals surface area contributed by atoms with Gasteiger partial charge in [0.05, 0.1) is 0 Å². The molecule has 1 aliphatic carbocycles. The average molecular weight is 246 g/mol. The highest BCUT2D eigenvalue weighted by Crippen LogP contribution is 2.35. The summed E-state index contributed by atoms with van der Waals surface area (Å²) >= 11 is 0. The molecule has 2 heteroatoms. The lowest BCUT2D eigenvalue weighted by Crippen LogP contribution is -2.39. The Hall–Kier alpha value is -1.15. The van der Waals surface area contributed by atoms with Crippen LogP contribution in [0.25, 0.3) is 0 Å². The van der Waals surface area contributed by atoms with Gasteiger partial charge < -0.3 is 4.74 Å². The van der Waals surface area contributed by atoms with Gasteiger partial charge in [-0.25, -0.2) is 0 Å². The van der Waals surface area contributed by atoms with Gasteiger partial charge in [0, 0.05) is 13.0 Å². The van der Waals surface area contributed by atoms with Crippen molar-refractivity contribution in [2.45, 2.75) is 51.0 Å². The minimum Gasteiger partial charge on any atom is -0.368 e. The Morgan fingerprint density at radius 1 is 1.22 bits per heavy atom. The number of Topliss-reactive ketones (excluding diaryl/α,β-unsaturated/α-hetero) is 1. The van der Waals surface area contributed by atoms with Gasteiger partial charge in [-0.15, -0.1) is 0 Å².